The first kappa shape index (κ1) is 17.8. The number of anilines is 1. The van der Waals surface area contributed by atoms with Gasteiger partial charge in [0.25, 0.3) is 5.69 Å². The SMILES string of the molecule is COC(=O)C(CCSC)NC(=O)Nc1ccc([N+](=O)[O-])cc1. The smallest absolute Gasteiger partial charge is 0.328 e. The Balaban J connectivity index is 2.62. The molecule has 1 aromatic carbocycles. The Morgan fingerprint density at radius 1 is 1.36 bits per heavy atom. The largest absolute Gasteiger partial charge is 0.467 e. The fraction of sp³-hybridized carbons (Fsp3) is 0.385. The molecule has 1 unspecified atom stereocenters. The first-order valence-electron chi connectivity index (χ1n) is 6.36. The molecule has 1 rings (SSSR count). The molecule has 9 heteroatoms. The summed E-state index contributed by atoms with van der Waals surface area (Å²) < 4.78 is 4.64. The number of nitro groups is 1. The molecule has 120 valence electrons. The van der Waals surface area contributed by atoms with Gasteiger partial charge in [-0.2, -0.15) is 11.8 Å². The number of urea groups is 1. The summed E-state index contributed by atoms with van der Waals surface area (Å²) >= 11 is 1.55. The number of esters is 1. The third kappa shape index (κ3) is 5.60. The molecule has 0 fully saturated rings. The number of benzene rings is 1. The normalized spacial score (nSPS) is 11.4. The van der Waals surface area contributed by atoms with E-state index in [0.29, 0.717) is 17.9 Å². The predicted molar refractivity (Wildman–Crippen MR) is 84.1 cm³/mol. The van der Waals surface area contributed by atoms with Crippen LogP contribution >= 0.6 is 11.8 Å². The van der Waals surface area contributed by atoms with Gasteiger partial charge in [0.2, 0.25) is 0 Å². The Hall–Kier alpha value is -2.29. The molecule has 1 aromatic rings. The van der Waals surface area contributed by atoms with Gasteiger partial charge in [0.05, 0.1) is 12.0 Å². The van der Waals surface area contributed by atoms with Gasteiger partial charge in [-0.15, -0.1) is 0 Å². The summed E-state index contributed by atoms with van der Waals surface area (Å²) in [5, 5.41) is 15.6. The van der Waals surface area contributed by atoms with Gasteiger partial charge in [-0.05, 0) is 30.6 Å². The summed E-state index contributed by atoms with van der Waals surface area (Å²) in [5.74, 6) is 0.172. The molecule has 0 heterocycles. The zero-order valence-electron chi connectivity index (χ0n) is 12.2. The Kier molecular flexibility index (Phi) is 7.17. The van der Waals surface area contributed by atoms with Crippen LogP contribution in [-0.2, 0) is 9.53 Å². The lowest BCUT2D eigenvalue weighted by molar-refractivity contribution is -0.384. The summed E-state index contributed by atoms with van der Waals surface area (Å²) in [4.78, 5) is 33.4. The molecule has 0 aliphatic carbocycles. The molecule has 0 saturated carbocycles. The number of rotatable bonds is 7. The Morgan fingerprint density at radius 2 is 2.00 bits per heavy atom. The van der Waals surface area contributed by atoms with Crippen LogP contribution in [0.25, 0.3) is 0 Å². The molecular formula is C13H17N3O5S. The van der Waals surface area contributed by atoms with Crippen LogP contribution in [0.2, 0.25) is 0 Å². The number of hydrogen-bond acceptors (Lipinski definition) is 6. The van der Waals surface area contributed by atoms with Crippen molar-refractivity contribution < 1.29 is 19.2 Å². The Labute approximate surface area is 131 Å². The highest BCUT2D eigenvalue weighted by Gasteiger charge is 2.21. The van der Waals surface area contributed by atoms with Crippen LogP contribution in [0, 0.1) is 10.1 Å². The van der Waals surface area contributed by atoms with Crippen molar-refractivity contribution in [3.63, 3.8) is 0 Å². The lowest BCUT2D eigenvalue weighted by Crippen LogP contribution is -2.44. The Bertz CT molecular complexity index is 535. The van der Waals surface area contributed by atoms with Crippen LogP contribution < -0.4 is 10.6 Å². The number of methoxy groups -OCH3 is 1. The van der Waals surface area contributed by atoms with Crippen molar-refractivity contribution in [2.24, 2.45) is 0 Å². The maximum Gasteiger partial charge on any atom is 0.328 e. The highest BCUT2D eigenvalue weighted by atomic mass is 32.2. The second-order valence-corrected chi connectivity index (χ2v) is 5.25. The van der Waals surface area contributed by atoms with Crippen molar-refractivity contribution in [1.29, 1.82) is 0 Å². The number of nitrogens with zero attached hydrogens (tertiary/aromatic N) is 1. The van der Waals surface area contributed by atoms with E-state index in [-0.39, 0.29) is 5.69 Å². The van der Waals surface area contributed by atoms with Gasteiger partial charge in [-0.3, -0.25) is 10.1 Å². The number of nitrogens with one attached hydrogen (secondary N) is 2. The standard InChI is InChI=1S/C13H17N3O5S/c1-21-12(17)11(7-8-22-2)15-13(18)14-9-3-5-10(6-4-9)16(19)20/h3-6,11H,7-8H2,1-2H3,(H2,14,15,18). The lowest BCUT2D eigenvalue weighted by Gasteiger charge is -2.16. The van der Waals surface area contributed by atoms with Crippen LogP contribution in [0.15, 0.2) is 24.3 Å². The number of carbonyl (C=O) groups excluding carboxylic acids is 2. The second kappa shape index (κ2) is 8.88. The number of nitro benzene ring substituents is 1. The average Bonchev–Trinajstić information content (AvgIpc) is 2.51. The van der Waals surface area contributed by atoms with Gasteiger partial charge in [-0.1, -0.05) is 0 Å². The fourth-order valence-corrected chi connectivity index (χ4v) is 2.09. The maximum atomic E-state index is 11.9. The molecule has 22 heavy (non-hydrogen) atoms. The summed E-state index contributed by atoms with van der Waals surface area (Å²) in [6, 6.07) is 4.06. The number of ether oxygens (including phenoxy) is 1. The molecule has 0 saturated heterocycles. The fourth-order valence-electron chi connectivity index (χ4n) is 1.62. The van der Waals surface area contributed by atoms with E-state index in [9.17, 15) is 19.7 Å². The van der Waals surface area contributed by atoms with Gasteiger partial charge in [0.15, 0.2) is 0 Å². The molecule has 0 radical (unpaired) electrons. The van der Waals surface area contributed by atoms with Crippen LogP contribution in [0.1, 0.15) is 6.42 Å². The third-order valence-electron chi connectivity index (χ3n) is 2.74. The number of hydrogen-bond donors (Lipinski definition) is 2. The quantitative estimate of drug-likeness (QED) is 0.450. The van der Waals surface area contributed by atoms with E-state index in [4.69, 9.17) is 0 Å². The maximum absolute atomic E-state index is 11.9. The van der Waals surface area contributed by atoms with E-state index >= 15 is 0 Å². The van der Waals surface area contributed by atoms with Crippen LogP contribution in [0.4, 0.5) is 16.2 Å². The van der Waals surface area contributed by atoms with Crippen molar-refractivity contribution in [3.8, 4) is 0 Å². The molecule has 0 aliphatic heterocycles. The monoisotopic (exact) mass is 327 g/mol. The van der Waals surface area contributed by atoms with Gasteiger partial charge in [0.1, 0.15) is 6.04 Å². The minimum absolute atomic E-state index is 0.0710. The van der Waals surface area contributed by atoms with Gasteiger partial charge in [0, 0.05) is 17.8 Å². The molecule has 2 N–H and O–H groups in total. The summed E-state index contributed by atoms with van der Waals surface area (Å²) in [7, 11) is 1.25. The third-order valence-corrected chi connectivity index (χ3v) is 3.38. The summed E-state index contributed by atoms with van der Waals surface area (Å²) in [5.41, 5.74) is 0.315. The zero-order valence-corrected chi connectivity index (χ0v) is 13.0. The van der Waals surface area contributed by atoms with Crippen LogP contribution in [0.5, 0.6) is 0 Å². The first-order chi connectivity index (χ1) is 10.5. The summed E-state index contributed by atoms with van der Waals surface area (Å²) in [6.07, 6.45) is 2.34. The summed E-state index contributed by atoms with van der Waals surface area (Å²) in [6.45, 7) is 0. The van der Waals surface area contributed by atoms with E-state index < -0.39 is 23.0 Å². The minimum Gasteiger partial charge on any atom is -0.467 e. The topological polar surface area (TPSA) is 111 Å². The van der Waals surface area contributed by atoms with Gasteiger partial charge >= 0.3 is 12.0 Å². The first-order valence-corrected chi connectivity index (χ1v) is 7.76. The van der Waals surface area contributed by atoms with E-state index in [1.54, 1.807) is 11.8 Å². The van der Waals surface area contributed by atoms with Crippen LogP contribution in [0.3, 0.4) is 0 Å². The van der Waals surface area contributed by atoms with Crippen molar-refractivity contribution in [1.82, 2.24) is 5.32 Å². The molecule has 0 bridgehead atoms. The second-order valence-electron chi connectivity index (χ2n) is 4.26. The molecule has 0 aromatic heterocycles. The Morgan fingerprint density at radius 3 is 2.50 bits per heavy atom. The van der Waals surface area contributed by atoms with Gasteiger partial charge in [-0.25, -0.2) is 9.59 Å². The average molecular weight is 327 g/mol. The minimum atomic E-state index is -0.740. The molecule has 0 aliphatic rings. The number of carbonyl (C=O) groups is 2. The van der Waals surface area contributed by atoms with Gasteiger partial charge < -0.3 is 15.4 Å². The number of non-ortho nitro benzene ring substituents is 1. The molecule has 1 atom stereocenters. The highest BCUT2D eigenvalue weighted by molar-refractivity contribution is 7.98. The highest BCUT2D eigenvalue weighted by Crippen LogP contribution is 2.15. The molecule has 8 nitrogen and oxygen atoms in total. The lowest BCUT2D eigenvalue weighted by atomic mass is 10.2. The van der Waals surface area contributed by atoms with Crippen molar-refractivity contribution in [2.75, 3.05) is 24.4 Å². The van der Waals surface area contributed by atoms with E-state index in [2.05, 4.69) is 15.4 Å². The van der Waals surface area contributed by atoms with Crippen molar-refractivity contribution in [3.05, 3.63) is 34.4 Å². The number of thioether (sulfide) groups is 1. The predicted octanol–water partition coefficient (Wildman–Crippen LogP) is 2.01. The van der Waals surface area contributed by atoms with Crippen molar-refractivity contribution >= 4 is 35.1 Å². The molecule has 0 spiro atoms. The van der Waals surface area contributed by atoms with E-state index in [1.807, 2.05) is 6.26 Å². The van der Waals surface area contributed by atoms with E-state index in [1.165, 1.54) is 31.4 Å². The van der Waals surface area contributed by atoms with E-state index in [0.717, 1.165) is 0 Å². The number of amides is 2. The molecule has 2 amide bonds. The van der Waals surface area contributed by atoms with Crippen LogP contribution in [-0.4, -0.2) is 42.1 Å². The van der Waals surface area contributed by atoms with Crippen molar-refractivity contribution in [2.45, 2.75) is 12.5 Å². The zero-order chi connectivity index (χ0) is 16.5. The molecular weight excluding hydrogens is 310 g/mol.